The van der Waals surface area contributed by atoms with Crippen molar-refractivity contribution in [3.63, 3.8) is 0 Å². The van der Waals surface area contributed by atoms with Gasteiger partial charge in [0.15, 0.2) is 6.10 Å². The highest BCUT2D eigenvalue weighted by Gasteiger charge is 2.26. The number of ether oxygens (including phenoxy) is 1. The summed E-state index contributed by atoms with van der Waals surface area (Å²) in [4.78, 5) is 24.5. The van der Waals surface area contributed by atoms with Crippen LogP contribution in [0.1, 0.15) is 47.4 Å². The maximum Gasteiger partial charge on any atom is 0.355 e. The van der Waals surface area contributed by atoms with Gasteiger partial charge in [-0.25, -0.2) is 4.79 Å². The van der Waals surface area contributed by atoms with Crippen LogP contribution in [-0.2, 0) is 23.0 Å². The lowest BCUT2D eigenvalue weighted by molar-refractivity contribution is -0.130. The van der Waals surface area contributed by atoms with Gasteiger partial charge >= 0.3 is 5.97 Å². The van der Waals surface area contributed by atoms with Gasteiger partial charge in [0.05, 0.1) is 6.04 Å². The molecule has 0 fully saturated rings. The number of fused-ring (bicyclic) bond motifs is 1. The summed E-state index contributed by atoms with van der Waals surface area (Å²) in [5.74, 6) is -0.756. The van der Waals surface area contributed by atoms with E-state index in [2.05, 4.69) is 17.4 Å². The molecule has 5 nitrogen and oxygen atoms in total. The molecule has 1 aliphatic rings. The number of nitrogens with one attached hydrogen (secondary N) is 1. The van der Waals surface area contributed by atoms with Crippen LogP contribution in [0.4, 0.5) is 0 Å². The fourth-order valence-electron chi connectivity index (χ4n) is 3.14. The maximum atomic E-state index is 12.4. The van der Waals surface area contributed by atoms with Crippen LogP contribution in [-0.4, -0.2) is 22.5 Å². The molecule has 1 aromatic heterocycles. The molecule has 24 heavy (non-hydrogen) atoms. The second-order valence-electron chi connectivity index (χ2n) is 6.20. The minimum atomic E-state index is -0.832. The molecule has 1 amide bonds. The molecule has 0 radical (unpaired) electrons. The minimum absolute atomic E-state index is 0.0151. The predicted octanol–water partition coefficient (Wildman–Crippen LogP) is 2.76. The Bertz CT molecular complexity index is 751. The number of hydrogen-bond donors (Lipinski definition) is 1. The van der Waals surface area contributed by atoms with E-state index in [1.807, 2.05) is 12.1 Å². The number of amides is 1. The monoisotopic (exact) mass is 326 g/mol. The molecule has 0 unspecified atom stereocenters. The van der Waals surface area contributed by atoms with Gasteiger partial charge in [0, 0.05) is 13.2 Å². The van der Waals surface area contributed by atoms with Crippen molar-refractivity contribution >= 4 is 11.9 Å². The van der Waals surface area contributed by atoms with Crippen LogP contribution in [0.5, 0.6) is 0 Å². The number of carbonyl (C=O) groups excluding carboxylic acids is 2. The first-order valence-corrected chi connectivity index (χ1v) is 8.26. The zero-order chi connectivity index (χ0) is 17.1. The van der Waals surface area contributed by atoms with Crippen LogP contribution >= 0.6 is 0 Å². The lowest BCUT2D eigenvalue weighted by Gasteiger charge is -2.27. The maximum absolute atomic E-state index is 12.4. The molecule has 2 atom stereocenters. The van der Waals surface area contributed by atoms with Crippen molar-refractivity contribution in [1.82, 2.24) is 9.88 Å². The Morgan fingerprint density at radius 3 is 2.79 bits per heavy atom. The number of aryl methyl sites for hydroxylation is 2. The second-order valence-corrected chi connectivity index (χ2v) is 6.20. The van der Waals surface area contributed by atoms with Crippen LogP contribution in [0.25, 0.3) is 0 Å². The van der Waals surface area contributed by atoms with Gasteiger partial charge in [-0.3, -0.25) is 4.79 Å². The summed E-state index contributed by atoms with van der Waals surface area (Å²) < 4.78 is 6.97. The van der Waals surface area contributed by atoms with Crippen molar-refractivity contribution in [3.8, 4) is 0 Å². The van der Waals surface area contributed by atoms with E-state index in [4.69, 9.17) is 4.74 Å². The van der Waals surface area contributed by atoms with Crippen molar-refractivity contribution in [3.05, 3.63) is 59.4 Å². The van der Waals surface area contributed by atoms with Gasteiger partial charge in [-0.1, -0.05) is 24.3 Å². The molecule has 1 aliphatic carbocycles. The molecule has 1 N–H and O–H groups in total. The van der Waals surface area contributed by atoms with Crippen molar-refractivity contribution in [1.29, 1.82) is 0 Å². The summed E-state index contributed by atoms with van der Waals surface area (Å²) in [6, 6.07) is 11.6. The van der Waals surface area contributed by atoms with Gasteiger partial charge in [-0.15, -0.1) is 0 Å². The minimum Gasteiger partial charge on any atom is -0.448 e. The van der Waals surface area contributed by atoms with E-state index in [1.54, 1.807) is 36.9 Å². The number of benzene rings is 1. The van der Waals surface area contributed by atoms with Gasteiger partial charge in [0.25, 0.3) is 5.91 Å². The van der Waals surface area contributed by atoms with E-state index in [9.17, 15) is 9.59 Å². The third-order valence-corrected chi connectivity index (χ3v) is 4.49. The lowest BCUT2D eigenvalue weighted by Crippen LogP contribution is -2.39. The number of aromatic nitrogens is 1. The average molecular weight is 326 g/mol. The van der Waals surface area contributed by atoms with Crippen molar-refractivity contribution in [2.75, 3.05) is 0 Å². The van der Waals surface area contributed by atoms with E-state index in [0.717, 1.165) is 24.8 Å². The van der Waals surface area contributed by atoms with E-state index in [1.165, 1.54) is 5.56 Å². The SMILES string of the molecule is C[C@H](OC(=O)c1cccn1C)C(=O)N[C@@H]1CCCc2ccccc21. The van der Waals surface area contributed by atoms with Gasteiger partial charge in [0.2, 0.25) is 0 Å². The fraction of sp³-hybridized carbons (Fsp3) is 0.368. The molecular weight excluding hydrogens is 304 g/mol. The molecule has 1 heterocycles. The Kier molecular flexibility index (Phi) is 4.69. The quantitative estimate of drug-likeness (QED) is 0.879. The molecule has 0 saturated carbocycles. The molecule has 126 valence electrons. The predicted molar refractivity (Wildman–Crippen MR) is 90.6 cm³/mol. The summed E-state index contributed by atoms with van der Waals surface area (Å²) >= 11 is 0. The molecule has 5 heteroatoms. The molecule has 0 bridgehead atoms. The van der Waals surface area contributed by atoms with Crippen LogP contribution in [0, 0.1) is 0 Å². The Hall–Kier alpha value is -2.56. The Balaban J connectivity index is 1.63. The Labute approximate surface area is 141 Å². The Morgan fingerprint density at radius 1 is 1.25 bits per heavy atom. The highest BCUT2D eigenvalue weighted by molar-refractivity contribution is 5.91. The van der Waals surface area contributed by atoms with Crippen LogP contribution < -0.4 is 5.32 Å². The van der Waals surface area contributed by atoms with Crippen LogP contribution in [0.2, 0.25) is 0 Å². The molecule has 1 aromatic carbocycles. The third kappa shape index (κ3) is 3.35. The number of carbonyl (C=O) groups is 2. The molecule has 0 aliphatic heterocycles. The summed E-state index contributed by atoms with van der Waals surface area (Å²) in [7, 11) is 1.76. The van der Waals surface area contributed by atoms with E-state index < -0.39 is 12.1 Å². The fourth-order valence-corrected chi connectivity index (χ4v) is 3.14. The van der Waals surface area contributed by atoms with Crippen LogP contribution in [0.15, 0.2) is 42.6 Å². The number of hydrogen-bond acceptors (Lipinski definition) is 3. The number of esters is 1. The summed E-state index contributed by atoms with van der Waals surface area (Å²) in [6.45, 7) is 1.60. The third-order valence-electron chi connectivity index (χ3n) is 4.49. The smallest absolute Gasteiger partial charge is 0.355 e. The second kappa shape index (κ2) is 6.91. The molecule has 3 rings (SSSR count). The highest BCUT2D eigenvalue weighted by Crippen LogP contribution is 2.29. The molecule has 0 spiro atoms. The number of rotatable bonds is 4. The van der Waals surface area contributed by atoms with Crippen molar-refractivity contribution in [2.45, 2.75) is 38.3 Å². The summed E-state index contributed by atoms with van der Waals surface area (Å²) in [6.07, 6.45) is 3.92. The first kappa shape index (κ1) is 16.3. The topological polar surface area (TPSA) is 60.3 Å². The van der Waals surface area contributed by atoms with Gasteiger partial charge < -0.3 is 14.6 Å². The van der Waals surface area contributed by atoms with Crippen LogP contribution in [0.3, 0.4) is 0 Å². The highest BCUT2D eigenvalue weighted by atomic mass is 16.5. The van der Waals surface area contributed by atoms with Gasteiger partial charge in [0.1, 0.15) is 5.69 Å². The molecule has 2 aromatic rings. The largest absolute Gasteiger partial charge is 0.448 e. The standard InChI is InChI=1S/C19H22N2O3/c1-13(24-19(23)17-11-6-12-21(17)2)18(22)20-16-10-5-8-14-7-3-4-9-15(14)16/h3-4,6-7,9,11-13,16H,5,8,10H2,1-2H3,(H,20,22)/t13-,16+/m0/s1. The zero-order valence-electron chi connectivity index (χ0n) is 14.0. The lowest BCUT2D eigenvalue weighted by atomic mass is 9.87. The van der Waals surface area contributed by atoms with E-state index >= 15 is 0 Å². The number of nitrogens with zero attached hydrogens (tertiary/aromatic N) is 1. The van der Waals surface area contributed by atoms with E-state index in [0.29, 0.717) is 5.69 Å². The average Bonchev–Trinajstić information content (AvgIpc) is 3.01. The normalized spacial score (nSPS) is 17.7. The van der Waals surface area contributed by atoms with Gasteiger partial charge in [-0.2, -0.15) is 0 Å². The zero-order valence-corrected chi connectivity index (χ0v) is 14.0. The molecule has 0 saturated heterocycles. The van der Waals surface area contributed by atoms with Crippen molar-refractivity contribution < 1.29 is 14.3 Å². The summed E-state index contributed by atoms with van der Waals surface area (Å²) in [5, 5.41) is 3.02. The summed E-state index contributed by atoms with van der Waals surface area (Å²) in [5.41, 5.74) is 2.87. The van der Waals surface area contributed by atoms with Gasteiger partial charge in [-0.05, 0) is 49.4 Å². The molecular formula is C19H22N2O3. The van der Waals surface area contributed by atoms with E-state index in [-0.39, 0.29) is 11.9 Å². The van der Waals surface area contributed by atoms with Crippen molar-refractivity contribution in [2.24, 2.45) is 7.05 Å². The Morgan fingerprint density at radius 2 is 2.04 bits per heavy atom. The first-order valence-electron chi connectivity index (χ1n) is 8.26. The first-order chi connectivity index (χ1) is 11.6.